The third-order valence-corrected chi connectivity index (χ3v) is 4.90. The van der Waals surface area contributed by atoms with Gasteiger partial charge in [-0.05, 0) is 49.2 Å². The SMILES string of the molecule is CN1CCCN2c3ccccc3Cc3ccccc3[C@H]2C1. The molecule has 1 atom stereocenters. The number of hydrogen-bond donors (Lipinski definition) is 0. The van der Waals surface area contributed by atoms with Gasteiger partial charge in [-0.15, -0.1) is 0 Å². The van der Waals surface area contributed by atoms with Crippen LogP contribution in [0, 0.1) is 0 Å². The Morgan fingerprint density at radius 2 is 1.67 bits per heavy atom. The van der Waals surface area contributed by atoms with Crippen molar-refractivity contribution >= 4 is 5.69 Å². The molecule has 2 aromatic rings. The van der Waals surface area contributed by atoms with Gasteiger partial charge in [0.05, 0.1) is 6.04 Å². The van der Waals surface area contributed by atoms with E-state index in [4.69, 9.17) is 0 Å². The third-order valence-electron chi connectivity index (χ3n) is 4.90. The highest BCUT2D eigenvalue weighted by atomic mass is 15.2. The molecule has 108 valence electrons. The quantitative estimate of drug-likeness (QED) is 0.728. The molecule has 21 heavy (non-hydrogen) atoms. The Labute approximate surface area is 127 Å². The third kappa shape index (κ3) is 2.24. The van der Waals surface area contributed by atoms with Crippen molar-refractivity contribution in [3.63, 3.8) is 0 Å². The lowest BCUT2D eigenvalue weighted by Gasteiger charge is -2.33. The van der Waals surface area contributed by atoms with E-state index in [0.717, 1.165) is 19.5 Å². The second kappa shape index (κ2) is 5.19. The van der Waals surface area contributed by atoms with E-state index in [2.05, 4.69) is 65.4 Å². The summed E-state index contributed by atoms with van der Waals surface area (Å²) >= 11 is 0. The molecule has 0 N–H and O–H groups in total. The Bertz CT molecular complexity index is 650. The first kappa shape index (κ1) is 12.9. The van der Waals surface area contributed by atoms with Crippen molar-refractivity contribution < 1.29 is 0 Å². The van der Waals surface area contributed by atoms with Gasteiger partial charge in [0.25, 0.3) is 0 Å². The number of rotatable bonds is 0. The van der Waals surface area contributed by atoms with Gasteiger partial charge in [-0.3, -0.25) is 0 Å². The molecule has 4 rings (SSSR count). The summed E-state index contributed by atoms with van der Waals surface area (Å²) < 4.78 is 0. The van der Waals surface area contributed by atoms with E-state index in [-0.39, 0.29) is 0 Å². The lowest BCUT2D eigenvalue weighted by atomic mass is 9.97. The molecule has 2 aliphatic heterocycles. The first-order chi connectivity index (χ1) is 10.3. The van der Waals surface area contributed by atoms with Crippen molar-refractivity contribution in [1.29, 1.82) is 0 Å². The topological polar surface area (TPSA) is 6.48 Å². The normalized spacial score (nSPS) is 21.8. The van der Waals surface area contributed by atoms with Crippen molar-refractivity contribution in [2.45, 2.75) is 18.9 Å². The number of anilines is 1. The highest BCUT2D eigenvalue weighted by Crippen LogP contribution is 2.38. The van der Waals surface area contributed by atoms with E-state index >= 15 is 0 Å². The Hall–Kier alpha value is -1.80. The fourth-order valence-corrected chi connectivity index (χ4v) is 3.87. The van der Waals surface area contributed by atoms with E-state index < -0.39 is 0 Å². The van der Waals surface area contributed by atoms with Crippen LogP contribution in [0.1, 0.15) is 29.2 Å². The van der Waals surface area contributed by atoms with E-state index in [1.165, 1.54) is 35.3 Å². The average Bonchev–Trinajstić information content (AvgIpc) is 2.76. The van der Waals surface area contributed by atoms with Crippen LogP contribution in [-0.4, -0.2) is 31.6 Å². The van der Waals surface area contributed by atoms with Gasteiger partial charge in [-0.25, -0.2) is 0 Å². The van der Waals surface area contributed by atoms with Gasteiger partial charge in [0, 0.05) is 18.8 Å². The van der Waals surface area contributed by atoms with Crippen LogP contribution in [0.4, 0.5) is 5.69 Å². The summed E-state index contributed by atoms with van der Waals surface area (Å²) in [5.41, 5.74) is 5.92. The van der Waals surface area contributed by atoms with E-state index in [1.54, 1.807) is 0 Å². The molecule has 2 heterocycles. The summed E-state index contributed by atoms with van der Waals surface area (Å²) in [6, 6.07) is 18.4. The Morgan fingerprint density at radius 3 is 2.57 bits per heavy atom. The standard InChI is InChI=1S/C19H22N2/c1-20-11-6-12-21-18-10-5-3-8-16(18)13-15-7-2-4-9-17(15)19(21)14-20/h2-5,7-10,19H,6,11-14H2,1H3/t19-/m1/s1. The van der Waals surface area contributed by atoms with Crippen LogP contribution in [0.25, 0.3) is 0 Å². The van der Waals surface area contributed by atoms with Crippen LogP contribution in [0.15, 0.2) is 48.5 Å². The maximum Gasteiger partial charge on any atom is 0.0672 e. The highest BCUT2D eigenvalue weighted by molar-refractivity contribution is 5.60. The fraction of sp³-hybridized carbons (Fsp3) is 0.368. The smallest absolute Gasteiger partial charge is 0.0672 e. The Balaban J connectivity index is 1.90. The molecule has 0 unspecified atom stereocenters. The van der Waals surface area contributed by atoms with Gasteiger partial charge in [0.1, 0.15) is 0 Å². The second-order valence-corrected chi connectivity index (χ2v) is 6.33. The van der Waals surface area contributed by atoms with Crippen LogP contribution < -0.4 is 4.90 Å². The molecule has 0 radical (unpaired) electrons. The minimum Gasteiger partial charge on any atom is -0.363 e. The molecule has 0 aromatic heterocycles. The molecule has 2 aliphatic rings. The second-order valence-electron chi connectivity index (χ2n) is 6.33. The Kier molecular flexibility index (Phi) is 3.19. The van der Waals surface area contributed by atoms with Gasteiger partial charge < -0.3 is 9.80 Å². The number of benzene rings is 2. The lowest BCUT2D eigenvalue weighted by Crippen LogP contribution is -2.33. The molecule has 0 saturated carbocycles. The lowest BCUT2D eigenvalue weighted by molar-refractivity contribution is 0.333. The van der Waals surface area contributed by atoms with E-state index in [1.807, 2.05) is 0 Å². The molecular formula is C19H22N2. The van der Waals surface area contributed by atoms with Gasteiger partial charge in [0.15, 0.2) is 0 Å². The molecule has 2 heteroatoms. The maximum absolute atomic E-state index is 2.64. The molecule has 1 saturated heterocycles. The van der Waals surface area contributed by atoms with Gasteiger partial charge >= 0.3 is 0 Å². The summed E-state index contributed by atoms with van der Waals surface area (Å²) in [6.07, 6.45) is 2.30. The zero-order valence-corrected chi connectivity index (χ0v) is 12.6. The predicted octanol–water partition coefficient (Wildman–Crippen LogP) is 3.47. The van der Waals surface area contributed by atoms with Crippen LogP contribution >= 0.6 is 0 Å². The number of para-hydroxylation sites is 1. The van der Waals surface area contributed by atoms with Crippen molar-refractivity contribution in [2.75, 3.05) is 31.6 Å². The Morgan fingerprint density at radius 1 is 0.905 bits per heavy atom. The largest absolute Gasteiger partial charge is 0.363 e. The van der Waals surface area contributed by atoms with Gasteiger partial charge in [-0.2, -0.15) is 0 Å². The summed E-state index contributed by atoms with van der Waals surface area (Å²) in [5.74, 6) is 0. The zero-order chi connectivity index (χ0) is 14.2. The summed E-state index contributed by atoms with van der Waals surface area (Å²) in [6.45, 7) is 3.46. The van der Waals surface area contributed by atoms with Gasteiger partial charge in [-0.1, -0.05) is 42.5 Å². The monoisotopic (exact) mass is 278 g/mol. The number of likely N-dealkylation sites (N-methyl/N-ethyl adjacent to an activating group) is 1. The van der Waals surface area contributed by atoms with Gasteiger partial charge in [0.2, 0.25) is 0 Å². The molecule has 1 fully saturated rings. The first-order valence-electron chi connectivity index (χ1n) is 7.94. The van der Waals surface area contributed by atoms with Crippen LogP contribution in [0.5, 0.6) is 0 Å². The highest BCUT2D eigenvalue weighted by Gasteiger charge is 2.30. The molecule has 2 aromatic carbocycles. The summed E-state index contributed by atoms with van der Waals surface area (Å²) in [5, 5.41) is 0. The molecule has 0 amide bonds. The summed E-state index contributed by atoms with van der Waals surface area (Å²) in [4.78, 5) is 5.13. The summed E-state index contributed by atoms with van der Waals surface area (Å²) in [7, 11) is 2.25. The van der Waals surface area contributed by atoms with Crippen molar-refractivity contribution in [3.8, 4) is 0 Å². The number of nitrogens with zero attached hydrogens (tertiary/aromatic N) is 2. The van der Waals surface area contributed by atoms with Crippen molar-refractivity contribution in [1.82, 2.24) is 4.90 Å². The number of fused-ring (bicyclic) bond motifs is 5. The fourth-order valence-electron chi connectivity index (χ4n) is 3.87. The van der Waals surface area contributed by atoms with Crippen LogP contribution in [0.2, 0.25) is 0 Å². The zero-order valence-electron chi connectivity index (χ0n) is 12.6. The van der Waals surface area contributed by atoms with Crippen molar-refractivity contribution in [2.24, 2.45) is 0 Å². The van der Waals surface area contributed by atoms with Crippen LogP contribution in [0.3, 0.4) is 0 Å². The van der Waals surface area contributed by atoms with Crippen molar-refractivity contribution in [3.05, 3.63) is 65.2 Å². The molecule has 0 spiro atoms. The van der Waals surface area contributed by atoms with Crippen LogP contribution in [-0.2, 0) is 6.42 Å². The van der Waals surface area contributed by atoms with E-state index in [0.29, 0.717) is 6.04 Å². The minimum atomic E-state index is 0.484. The molecular weight excluding hydrogens is 256 g/mol. The molecule has 2 nitrogen and oxygen atoms in total. The molecule has 0 bridgehead atoms. The minimum absolute atomic E-state index is 0.484. The number of hydrogen-bond acceptors (Lipinski definition) is 2. The average molecular weight is 278 g/mol. The predicted molar refractivity (Wildman–Crippen MR) is 87.9 cm³/mol. The molecule has 0 aliphatic carbocycles. The first-order valence-corrected chi connectivity index (χ1v) is 7.94. The van der Waals surface area contributed by atoms with E-state index in [9.17, 15) is 0 Å². The maximum atomic E-state index is 2.64.